The first-order valence-electron chi connectivity index (χ1n) is 11.9. The van der Waals surface area contributed by atoms with Gasteiger partial charge in [0.25, 0.3) is 5.91 Å². The van der Waals surface area contributed by atoms with Crippen molar-refractivity contribution in [3.8, 4) is 0 Å². The molecule has 1 aliphatic heterocycles. The summed E-state index contributed by atoms with van der Waals surface area (Å²) in [5.41, 5.74) is 2.09. The standard InChI is InChI=1S/C25H36FN5O2/c1-3-5-20(4-2)24(32)29-17-19-6-7-21(16-19)30-12-14-31(15-13-30)22-8-9-23(28-18-22)25(33)27-11-10-26/h3,5,8-9,18-19,21H,1,4,6-7,10-17H2,2H3,(H,27,33)(H,29,32)/b20-5-/t19-,21+/m1/s1. The minimum absolute atomic E-state index is 0.00472. The maximum absolute atomic E-state index is 12.3. The van der Waals surface area contributed by atoms with Gasteiger partial charge in [-0.05, 0) is 43.7 Å². The number of halogens is 1. The van der Waals surface area contributed by atoms with E-state index >= 15 is 0 Å². The second-order valence-electron chi connectivity index (χ2n) is 8.69. The number of carbonyl (C=O) groups excluding carboxylic acids is 2. The van der Waals surface area contributed by atoms with Crippen LogP contribution in [0.15, 0.2) is 42.6 Å². The third-order valence-electron chi connectivity index (χ3n) is 6.61. The molecular weight excluding hydrogens is 421 g/mol. The lowest BCUT2D eigenvalue weighted by Crippen LogP contribution is -2.50. The van der Waals surface area contributed by atoms with Crippen LogP contribution in [-0.2, 0) is 4.79 Å². The molecule has 8 heteroatoms. The van der Waals surface area contributed by atoms with Crippen molar-refractivity contribution in [1.29, 1.82) is 0 Å². The summed E-state index contributed by atoms with van der Waals surface area (Å²) in [7, 11) is 0. The molecule has 0 unspecified atom stereocenters. The second-order valence-corrected chi connectivity index (χ2v) is 8.69. The van der Waals surface area contributed by atoms with E-state index in [1.165, 1.54) is 6.42 Å². The Morgan fingerprint density at radius 2 is 2.00 bits per heavy atom. The molecule has 7 nitrogen and oxygen atoms in total. The number of aromatic nitrogens is 1. The van der Waals surface area contributed by atoms with Crippen LogP contribution in [0.4, 0.5) is 10.1 Å². The fourth-order valence-electron chi connectivity index (χ4n) is 4.72. The predicted octanol–water partition coefficient (Wildman–Crippen LogP) is 2.71. The largest absolute Gasteiger partial charge is 0.368 e. The maximum atomic E-state index is 12.3. The van der Waals surface area contributed by atoms with Gasteiger partial charge in [-0.2, -0.15) is 0 Å². The number of nitrogens with one attached hydrogen (secondary N) is 2. The first kappa shape index (κ1) is 24.9. The van der Waals surface area contributed by atoms with Gasteiger partial charge in [-0.25, -0.2) is 9.37 Å². The maximum Gasteiger partial charge on any atom is 0.269 e. The van der Waals surface area contributed by atoms with Gasteiger partial charge in [-0.3, -0.25) is 14.5 Å². The number of pyridine rings is 1. The van der Waals surface area contributed by atoms with Gasteiger partial charge in [0, 0.05) is 50.9 Å². The first-order chi connectivity index (χ1) is 16.0. The van der Waals surface area contributed by atoms with Gasteiger partial charge >= 0.3 is 0 Å². The van der Waals surface area contributed by atoms with E-state index in [9.17, 15) is 14.0 Å². The topological polar surface area (TPSA) is 77.6 Å². The summed E-state index contributed by atoms with van der Waals surface area (Å²) in [6.45, 7) is 9.63. The van der Waals surface area contributed by atoms with Gasteiger partial charge in [0.1, 0.15) is 12.4 Å². The Hall–Kier alpha value is -2.74. The minimum Gasteiger partial charge on any atom is -0.368 e. The molecule has 1 saturated carbocycles. The third-order valence-corrected chi connectivity index (χ3v) is 6.61. The van der Waals surface area contributed by atoms with Crippen molar-refractivity contribution < 1.29 is 14.0 Å². The van der Waals surface area contributed by atoms with E-state index < -0.39 is 6.67 Å². The van der Waals surface area contributed by atoms with Crippen LogP contribution in [-0.4, -0.2) is 73.7 Å². The molecule has 1 aromatic heterocycles. The zero-order valence-electron chi connectivity index (χ0n) is 19.6. The molecule has 2 fully saturated rings. The molecule has 1 aliphatic carbocycles. The summed E-state index contributed by atoms with van der Waals surface area (Å²) < 4.78 is 12.2. The summed E-state index contributed by atoms with van der Waals surface area (Å²) in [6.07, 6.45) is 9.33. The normalized spacial score (nSPS) is 21.6. The number of amides is 2. The molecule has 3 rings (SSSR count). The van der Waals surface area contributed by atoms with Crippen molar-refractivity contribution in [3.63, 3.8) is 0 Å². The molecule has 0 radical (unpaired) electrons. The highest BCUT2D eigenvalue weighted by Gasteiger charge is 2.31. The summed E-state index contributed by atoms with van der Waals surface area (Å²) in [6, 6.07) is 4.18. The van der Waals surface area contributed by atoms with Crippen LogP contribution in [0, 0.1) is 5.92 Å². The summed E-state index contributed by atoms with van der Waals surface area (Å²) >= 11 is 0. The van der Waals surface area contributed by atoms with Crippen LogP contribution in [0.2, 0.25) is 0 Å². The van der Waals surface area contributed by atoms with Gasteiger partial charge in [0.05, 0.1) is 11.9 Å². The molecule has 1 saturated heterocycles. The number of hydrogen-bond acceptors (Lipinski definition) is 5. The highest BCUT2D eigenvalue weighted by molar-refractivity contribution is 5.93. The Kier molecular flexibility index (Phi) is 9.42. The van der Waals surface area contributed by atoms with Crippen LogP contribution in [0.3, 0.4) is 0 Å². The van der Waals surface area contributed by atoms with Crippen molar-refractivity contribution in [2.45, 2.75) is 38.6 Å². The zero-order valence-corrected chi connectivity index (χ0v) is 19.6. The molecular formula is C25H36FN5O2. The van der Waals surface area contributed by atoms with Gasteiger partial charge in [0.15, 0.2) is 0 Å². The minimum atomic E-state index is -0.586. The highest BCUT2D eigenvalue weighted by atomic mass is 19.1. The van der Waals surface area contributed by atoms with E-state index in [2.05, 4.69) is 32.0 Å². The third kappa shape index (κ3) is 6.87. The summed E-state index contributed by atoms with van der Waals surface area (Å²) in [5.74, 6) is 0.201. The van der Waals surface area contributed by atoms with Crippen molar-refractivity contribution in [1.82, 2.24) is 20.5 Å². The Morgan fingerprint density at radius 3 is 2.64 bits per heavy atom. The Bertz CT molecular complexity index is 834. The van der Waals surface area contributed by atoms with Crippen LogP contribution < -0.4 is 15.5 Å². The molecule has 0 aromatic carbocycles. The van der Waals surface area contributed by atoms with Crippen LogP contribution in [0.5, 0.6) is 0 Å². The average Bonchev–Trinajstić information content (AvgIpc) is 3.33. The molecule has 2 amide bonds. The number of allylic oxidation sites excluding steroid dienone is 2. The van der Waals surface area contributed by atoms with E-state index in [0.717, 1.165) is 56.8 Å². The van der Waals surface area contributed by atoms with Crippen LogP contribution in [0.25, 0.3) is 0 Å². The average molecular weight is 458 g/mol. The van der Waals surface area contributed by atoms with Crippen LogP contribution >= 0.6 is 0 Å². The Labute approximate surface area is 196 Å². The zero-order chi connectivity index (χ0) is 23.6. The predicted molar refractivity (Wildman–Crippen MR) is 129 cm³/mol. The molecule has 2 aliphatic rings. The van der Waals surface area contributed by atoms with Gasteiger partial charge in [0.2, 0.25) is 5.91 Å². The second kappa shape index (κ2) is 12.5. The first-order valence-corrected chi connectivity index (χ1v) is 11.9. The number of piperazine rings is 1. The Morgan fingerprint density at radius 1 is 1.21 bits per heavy atom. The molecule has 0 spiro atoms. The van der Waals surface area contributed by atoms with Crippen molar-refractivity contribution in [2.24, 2.45) is 5.92 Å². The molecule has 180 valence electrons. The number of nitrogens with zero attached hydrogens (tertiary/aromatic N) is 3. The molecule has 2 atom stereocenters. The molecule has 0 bridgehead atoms. The fourth-order valence-corrected chi connectivity index (χ4v) is 4.72. The number of carbonyl (C=O) groups is 2. The number of hydrogen-bond donors (Lipinski definition) is 2. The molecule has 33 heavy (non-hydrogen) atoms. The van der Waals surface area contributed by atoms with Gasteiger partial charge < -0.3 is 15.5 Å². The lowest BCUT2D eigenvalue weighted by Gasteiger charge is -2.39. The van der Waals surface area contributed by atoms with Crippen molar-refractivity contribution in [3.05, 3.63) is 48.3 Å². The Balaban J connectivity index is 1.42. The van der Waals surface area contributed by atoms with Crippen LogP contribution in [0.1, 0.15) is 43.1 Å². The van der Waals surface area contributed by atoms with E-state index in [4.69, 9.17) is 0 Å². The lowest BCUT2D eigenvalue weighted by atomic mass is 10.1. The fraction of sp³-hybridized carbons (Fsp3) is 0.560. The molecule has 2 N–H and O–H groups in total. The van der Waals surface area contributed by atoms with Crippen molar-refractivity contribution >= 4 is 17.5 Å². The number of anilines is 1. The van der Waals surface area contributed by atoms with E-state index in [-0.39, 0.29) is 18.4 Å². The van der Waals surface area contributed by atoms with Gasteiger partial charge in [-0.15, -0.1) is 0 Å². The van der Waals surface area contributed by atoms with E-state index in [1.54, 1.807) is 24.4 Å². The number of rotatable bonds is 10. The van der Waals surface area contributed by atoms with E-state index in [1.807, 2.05) is 13.0 Å². The van der Waals surface area contributed by atoms with Crippen molar-refractivity contribution in [2.75, 3.05) is 50.8 Å². The summed E-state index contributed by atoms with van der Waals surface area (Å²) in [4.78, 5) is 33.3. The quantitative estimate of drug-likeness (QED) is 0.417. The van der Waals surface area contributed by atoms with Gasteiger partial charge in [-0.1, -0.05) is 25.7 Å². The smallest absolute Gasteiger partial charge is 0.269 e. The summed E-state index contributed by atoms with van der Waals surface area (Å²) in [5, 5.41) is 5.59. The SMILES string of the molecule is C=C/C=C(/CC)C(=O)NC[C@@H]1CC[C@H](N2CCN(c3ccc(C(=O)NCCF)nc3)CC2)C1. The molecule has 1 aromatic rings. The lowest BCUT2D eigenvalue weighted by molar-refractivity contribution is -0.117. The highest BCUT2D eigenvalue weighted by Crippen LogP contribution is 2.30. The van der Waals surface area contributed by atoms with E-state index in [0.29, 0.717) is 24.1 Å². The number of alkyl halides is 1. The monoisotopic (exact) mass is 457 g/mol. The molecule has 2 heterocycles.